The average Bonchev–Trinajstić information content (AvgIpc) is 2.30. The Morgan fingerprint density at radius 1 is 1.33 bits per heavy atom. The molecule has 0 bridgehead atoms. The van der Waals surface area contributed by atoms with Crippen LogP contribution in [0.3, 0.4) is 0 Å². The summed E-state index contributed by atoms with van der Waals surface area (Å²) >= 11 is 0. The highest BCUT2D eigenvalue weighted by Gasteiger charge is 2.39. The Morgan fingerprint density at radius 2 is 1.92 bits per heavy atom. The van der Waals surface area contributed by atoms with Crippen LogP contribution in [0, 0.1) is 11.8 Å². The molecule has 0 amide bonds. The maximum Gasteiger partial charge on any atom is 0.0789 e. The summed E-state index contributed by atoms with van der Waals surface area (Å²) in [5.41, 5.74) is 5.36. The summed E-state index contributed by atoms with van der Waals surface area (Å²) in [4.78, 5) is 2.36. The van der Waals surface area contributed by atoms with Crippen LogP contribution < -0.4 is 5.73 Å². The van der Waals surface area contributed by atoms with E-state index in [1.54, 1.807) is 0 Å². The van der Waals surface area contributed by atoms with Crippen molar-refractivity contribution < 1.29 is 5.11 Å². The predicted molar refractivity (Wildman–Crippen MR) is 47.7 cm³/mol. The summed E-state index contributed by atoms with van der Waals surface area (Å²) in [5.74, 6) is 1.88. The Morgan fingerprint density at radius 3 is 2.33 bits per heavy atom. The molecular weight excluding hydrogens is 152 g/mol. The van der Waals surface area contributed by atoms with Crippen molar-refractivity contribution in [2.45, 2.75) is 18.9 Å². The van der Waals surface area contributed by atoms with E-state index in [0.717, 1.165) is 18.4 Å². The lowest BCUT2D eigenvalue weighted by Crippen LogP contribution is -2.35. The highest BCUT2D eigenvalue weighted by atomic mass is 16.3. The second-order valence-electron chi connectivity index (χ2n) is 4.21. The van der Waals surface area contributed by atoms with Crippen LogP contribution in [0.1, 0.15) is 12.8 Å². The number of aliphatic hydroxyl groups is 1. The first-order valence-electron chi connectivity index (χ1n) is 4.90. The lowest BCUT2D eigenvalue weighted by atomic mass is 9.77. The minimum Gasteiger partial charge on any atom is -0.390 e. The fraction of sp³-hybridized carbons (Fsp3) is 1.00. The first-order chi connectivity index (χ1) is 5.79. The number of nitrogens with two attached hydrogens (primary N) is 1. The third kappa shape index (κ3) is 1.49. The van der Waals surface area contributed by atoms with Crippen LogP contribution in [0.5, 0.6) is 0 Å². The van der Waals surface area contributed by atoms with E-state index >= 15 is 0 Å². The standard InChI is InChI=1S/C9H18N2O/c10-3-9(12)6-11-4-7-1-2-8(7)5-11/h7-9,12H,1-6,10H2/t7?,8?,9-/m0/s1. The van der Waals surface area contributed by atoms with Crippen molar-refractivity contribution in [2.75, 3.05) is 26.2 Å². The quantitative estimate of drug-likeness (QED) is 0.608. The zero-order chi connectivity index (χ0) is 8.55. The van der Waals surface area contributed by atoms with Crippen LogP contribution in [0.4, 0.5) is 0 Å². The zero-order valence-corrected chi connectivity index (χ0v) is 7.45. The fourth-order valence-electron chi connectivity index (χ4n) is 2.38. The maximum atomic E-state index is 9.34. The number of nitrogens with zero attached hydrogens (tertiary/aromatic N) is 1. The molecule has 3 N–H and O–H groups in total. The number of rotatable bonds is 3. The molecule has 1 saturated carbocycles. The highest BCUT2D eigenvalue weighted by molar-refractivity contribution is 4.91. The van der Waals surface area contributed by atoms with E-state index in [0.29, 0.717) is 6.54 Å². The molecule has 1 aliphatic heterocycles. The van der Waals surface area contributed by atoms with Gasteiger partial charge in [-0.2, -0.15) is 0 Å². The average molecular weight is 170 g/mol. The number of hydrogen-bond acceptors (Lipinski definition) is 3. The summed E-state index contributed by atoms with van der Waals surface area (Å²) in [6, 6.07) is 0. The molecule has 1 heterocycles. The van der Waals surface area contributed by atoms with Crippen molar-refractivity contribution in [3.05, 3.63) is 0 Å². The van der Waals surface area contributed by atoms with Gasteiger partial charge in [-0.3, -0.25) is 0 Å². The smallest absolute Gasteiger partial charge is 0.0789 e. The van der Waals surface area contributed by atoms with E-state index in [1.165, 1.54) is 25.9 Å². The molecule has 12 heavy (non-hydrogen) atoms. The van der Waals surface area contributed by atoms with Crippen molar-refractivity contribution in [2.24, 2.45) is 17.6 Å². The van der Waals surface area contributed by atoms with Crippen LogP contribution in [0.25, 0.3) is 0 Å². The number of likely N-dealkylation sites (tertiary alicyclic amines) is 1. The zero-order valence-electron chi connectivity index (χ0n) is 7.45. The van der Waals surface area contributed by atoms with E-state index in [9.17, 15) is 5.11 Å². The third-order valence-electron chi connectivity index (χ3n) is 3.30. The van der Waals surface area contributed by atoms with Gasteiger partial charge in [-0.25, -0.2) is 0 Å². The van der Waals surface area contributed by atoms with Gasteiger partial charge in [0, 0.05) is 26.2 Å². The van der Waals surface area contributed by atoms with E-state index in [-0.39, 0.29) is 6.10 Å². The van der Waals surface area contributed by atoms with E-state index in [1.807, 2.05) is 0 Å². The number of hydrogen-bond donors (Lipinski definition) is 2. The second-order valence-corrected chi connectivity index (χ2v) is 4.21. The van der Waals surface area contributed by atoms with Crippen molar-refractivity contribution in [3.63, 3.8) is 0 Å². The van der Waals surface area contributed by atoms with Crippen molar-refractivity contribution in [1.82, 2.24) is 4.90 Å². The van der Waals surface area contributed by atoms with E-state index in [2.05, 4.69) is 4.90 Å². The van der Waals surface area contributed by atoms with Crippen molar-refractivity contribution in [3.8, 4) is 0 Å². The van der Waals surface area contributed by atoms with Gasteiger partial charge in [0.05, 0.1) is 6.10 Å². The highest BCUT2D eigenvalue weighted by Crippen LogP contribution is 2.40. The lowest BCUT2D eigenvalue weighted by molar-refractivity contribution is 0.130. The molecule has 0 aromatic carbocycles. The largest absolute Gasteiger partial charge is 0.390 e. The van der Waals surface area contributed by atoms with Crippen LogP contribution in [-0.2, 0) is 0 Å². The monoisotopic (exact) mass is 170 g/mol. The molecule has 2 unspecified atom stereocenters. The summed E-state index contributed by atoms with van der Waals surface area (Å²) in [6.07, 6.45) is 2.49. The Kier molecular flexibility index (Phi) is 2.35. The Labute approximate surface area is 73.5 Å². The molecule has 0 aromatic heterocycles. The summed E-state index contributed by atoms with van der Waals surface area (Å²) in [6.45, 7) is 3.57. The van der Waals surface area contributed by atoms with Gasteiger partial charge in [0.1, 0.15) is 0 Å². The van der Waals surface area contributed by atoms with Gasteiger partial charge in [-0.15, -0.1) is 0 Å². The Balaban J connectivity index is 1.75. The van der Waals surface area contributed by atoms with Gasteiger partial charge in [-0.1, -0.05) is 0 Å². The van der Waals surface area contributed by atoms with Crippen LogP contribution >= 0.6 is 0 Å². The molecule has 2 rings (SSSR count). The van der Waals surface area contributed by atoms with Gasteiger partial charge < -0.3 is 15.7 Å². The van der Waals surface area contributed by atoms with Gasteiger partial charge in [0.25, 0.3) is 0 Å². The molecule has 0 aromatic rings. The predicted octanol–water partition coefficient (Wildman–Crippen LogP) is -0.352. The van der Waals surface area contributed by atoms with E-state index in [4.69, 9.17) is 5.73 Å². The van der Waals surface area contributed by atoms with Gasteiger partial charge >= 0.3 is 0 Å². The third-order valence-corrected chi connectivity index (χ3v) is 3.30. The summed E-state index contributed by atoms with van der Waals surface area (Å²) in [5, 5.41) is 9.34. The maximum absolute atomic E-state index is 9.34. The SMILES string of the molecule is NC[C@H](O)CN1CC2CCC2C1. The molecule has 0 spiro atoms. The fourth-order valence-corrected chi connectivity index (χ4v) is 2.38. The molecule has 1 aliphatic carbocycles. The Hall–Kier alpha value is -0.120. The number of β-amino-alcohol motifs (C(OH)–C–C–N with tert-alkyl or cyclic N) is 1. The molecule has 1 saturated heterocycles. The molecule has 2 fully saturated rings. The molecule has 3 heteroatoms. The molecule has 0 radical (unpaired) electrons. The van der Waals surface area contributed by atoms with Crippen LogP contribution in [0.15, 0.2) is 0 Å². The number of aliphatic hydroxyl groups excluding tert-OH is 1. The van der Waals surface area contributed by atoms with Gasteiger partial charge in [0.2, 0.25) is 0 Å². The lowest BCUT2D eigenvalue weighted by Gasteiger charge is -2.28. The molecule has 2 aliphatic rings. The topological polar surface area (TPSA) is 49.5 Å². The molecule has 70 valence electrons. The molecule has 3 atom stereocenters. The van der Waals surface area contributed by atoms with Crippen molar-refractivity contribution in [1.29, 1.82) is 0 Å². The first-order valence-corrected chi connectivity index (χ1v) is 4.90. The molecule has 3 nitrogen and oxygen atoms in total. The van der Waals surface area contributed by atoms with E-state index < -0.39 is 0 Å². The van der Waals surface area contributed by atoms with Gasteiger partial charge in [-0.05, 0) is 24.7 Å². The van der Waals surface area contributed by atoms with Crippen LogP contribution in [0.2, 0.25) is 0 Å². The second kappa shape index (κ2) is 3.32. The minimum absolute atomic E-state index is 0.317. The number of fused-ring (bicyclic) bond motifs is 1. The van der Waals surface area contributed by atoms with Gasteiger partial charge in [0.15, 0.2) is 0 Å². The molecular formula is C9H18N2O. The minimum atomic E-state index is -0.317. The summed E-state index contributed by atoms with van der Waals surface area (Å²) in [7, 11) is 0. The van der Waals surface area contributed by atoms with Crippen LogP contribution in [-0.4, -0.2) is 42.3 Å². The first kappa shape index (κ1) is 8.48. The summed E-state index contributed by atoms with van der Waals surface area (Å²) < 4.78 is 0. The Bertz CT molecular complexity index is 151. The van der Waals surface area contributed by atoms with Crippen molar-refractivity contribution >= 4 is 0 Å². The normalized spacial score (nSPS) is 37.5.